The average Bonchev–Trinajstić information content (AvgIpc) is 2.52. The number of rotatable bonds is 5. The Balaban J connectivity index is 2.39. The summed E-state index contributed by atoms with van der Waals surface area (Å²) in [4.78, 5) is 3.87. The normalized spacial score (nSPS) is 10.5. The van der Waals surface area contributed by atoms with Gasteiger partial charge in [0.1, 0.15) is 12.9 Å². The predicted molar refractivity (Wildman–Crippen MR) is 42.4 cm³/mol. The van der Waals surface area contributed by atoms with Crippen molar-refractivity contribution in [1.29, 1.82) is 0 Å². The molecule has 12 heavy (non-hydrogen) atoms. The summed E-state index contributed by atoms with van der Waals surface area (Å²) in [6.07, 6.45) is 2.32. The van der Waals surface area contributed by atoms with Crippen molar-refractivity contribution < 1.29 is 9.84 Å². The Hall–Kier alpha value is -0.940. The van der Waals surface area contributed by atoms with Gasteiger partial charge in [0.25, 0.3) is 0 Å². The lowest BCUT2D eigenvalue weighted by Crippen LogP contribution is -2.07. The van der Waals surface area contributed by atoms with Crippen molar-refractivity contribution in [2.24, 2.45) is 0 Å². The van der Waals surface area contributed by atoms with Crippen molar-refractivity contribution in [2.75, 3.05) is 13.7 Å². The first-order valence-electron chi connectivity index (χ1n) is 3.85. The van der Waals surface area contributed by atoms with Gasteiger partial charge < -0.3 is 9.84 Å². The number of methoxy groups -OCH3 is 1. The molecule has 0 radical (unpaired) electrons. The van der Waals surface area contributed by atoms with Gasteiger partial charge in [-0.15, -0.1) is 0 Å². The number of aliphatic hydroxyl groups is 1. The van der Waals surface area contributed by atoms with Crippen molar-refractivity contribution in [3.63, 3.8) is 0 Å². The Labute approximate surface area is 71.0 Å². The highest BCUT2D eigenvalue weighted by Gasteiger charge is 2.00. The third kappa shape index (κ3) is 2.28. The highest BCUT2D eigenvalue weighted by Crippen LogP contribution is 1.95. The van der Waals surface area contributed by atoms with E-state index in [9.17, 15) is 0 Å². The van der Waals surface area contributed by atoms with Gasteiger partial charge in [0, 0.05) is 20.3 Å². The summed E-state index contributed by atoms with van der Waals surface area (Å²) < 4.78 is 6.57. The van der Waals surface area contributed by atoms with Gasteiger partial charge in [0.05, 0.1) is 0 Å². The second-order valence-corrected chi connectivity index (χ2v) is 2.40. The zero-order valence-corrected chi connectivity index (χ0v) is 7.10. The molecule has 0 bridgehead atoms. The molecule has 1 aromatic rings. The van der Waals surface area contributed by atoms with E-state index in [-0.39, 0.29) is 6.61 Å². The van der Waals surface area contributed by atoms with Crippen LogP contribution in [-0.4, -0.2) is 33.6 Å². The van der Waals surface area contributed by atoms with E-state index >= 15 is 0 Å². The molecule has 0 saturated carbocycles. The zero-order chi connectivity index (χ0) is 8.81. The van der Waals surface area contributed by atoms with Gasteiger partial charge in [-0.05, 0) is 6.42 Å². The average molecular weight is 171 g/mol. The van der Waals surface area contributed by atoms with Crippen LogP contribution in [0.3, 0.4) is 0 Å². The van der Waals surface area contributed by atoms with Crippen LogP contribution in [0.2, 0.25) is 0 Å². The molecule has 1 rings (SSSR count). The van der Waals surface area contributed by atoms with Crippen molar-refractivity contribution in [3.8, 4) is 0 Å². The summed E-state index contributed by atoms with van der Waals surface area (Å²) >= 11 is 0. The number of aryl methyl sites for hydroxylation is 1. The van der Waals surface area contributed by atoms with Gasteiger partial charge in [-0.2, -0.15) is 5.10 Å². The number of hydrogen-bond donors (Lipinski definition) is 1. The Morgan fingerprint density at radius 1 is 1.67 bits per heavy atom. The van der Waals surface area contributed by atoms with Crippen molar-refractivity contribution >= 4 is 0 Å². The number of aromatic nitrogens is 3. The smallest absolute Gasteiger partial charge is 0.152 e. The van der Waals surface area contributed by atoms with Crippen LogP contribution in [0.4, 0.5) is 0 Å². The first-order valence-corrected chi connectivity index (χ1v) is 3.85. The molecule has 0 aliphatic heterocycles. The van der Waals surface area contributed by atoms with Crippen LogP contribution in [0.5, 0.6) is 0 Å². The van der Waals surface area contributed by atoms with Crippen molar-refractivity contribution in [1.82, 2.24) is 14.8 Å². The van der Waals surface area contributed by atoms with Crippen LogP contribution < -0.4 is 0 Å². The van der Waals surface area contributed by atoms with E-state index in [0.717, 1.165) is 13.0 Å². The molecule has 1 N–H and O–H groups in total. The summed E-state index contributed by atoms with van der Waals surface area (Å²) in [6, 6.07) is 0. The highest BCUT2D eigenvalue weighted by molar-refractivity contribution is 4.80. The molecule has 0 amide bonds. The Kier molecular flexibility index (Phi) is 3.69. The summed E-state index contributed by atoms with van der Waals surface area (Å²) in [6.45, 7) is 1.38. The molecule has 0 spiro atoms. The van der Waals surface area contributed by atoms with Gasteiger partial charge in [-0.1, -0.05) is 0 Å². The highest BCUT2D eigenvalue weighted by atomic mass is 16.5. The molecular weight excluding hydrogens is 158 g/mol. The number of hydrogen-bond acceptors (Lipinski definition) is 4. The molecule has 0 aromatic carbocycles. The van der Waals surface area contributed by atoms with Crippen LogP contribution in [0.15, 0.2) is 6.33 Å². The van der Waals surface area contributed by atoms with E-state index in [1.165, 1.54) is 6.33 Å². The quantitative estimate of drug-likeness (QED) is 0.624. The maximum atomic E-state index is 8.81. The summed E-state index contributed by atoms with van der Waals surface area (Å²) in [5.74, 6) is 0.603. The molecule has 0 aliphatic carbocycles. The van der Waals surface area contributed by atoms with Gasteiger partial charge in [0.15, 0.2) is 5.82 Å². The van der Waals surface area contributed by atoms with Gasteiger partial charge in [-0.3, -0.25) is 0 Å². The second kappa shape index (κ2) is 4.84. The van der Waals surface area contributed by atoms with E-state index in [0.29, 0.717) is 12.4 Å². The van der Waals surface area contributed by atoms with Gasteiger partial charge in [0.2, 0.25) is 0 Å². The van der Waals surface area contributed by atoms with Crippen LogP contribution in [0, 0.1) is 0 Å². The summed E-state index contributed by atoms with van der Waals surface area (Å²) in [5, 5.41) is 12.8. The minimum atomic E-state index is -0.0625. The standard InChI is InChI=1S/C7H13N3O2/c1-12-4-2-3-10-7(5-11)8-6-9-10/h6,11H,2-5H2,1H3. The van der Waals surface area contributed by atoms with Gasteiger partial charge in [-0.25, -0.2) is 9.67 Å². The molecule has 1 heterocycles. The molecule has 5 heteroatoms. The van der Waals surface area contributed by atoms with Crippen molar-refractivity contribution in [2.45, 2.75) is 19.6 Å². The number of ether oxygens (including phenoxy) is 1. The van der Waals surface area contributed by atoms with Gasteiger partial charge >= 0.3 is 0 Å². The lowest BCUT2D eigenvalue weighted by molar-refractivity contribution is 0.187. The molecule has 0 saturated heterocycles. The number of nitrogens with zero attached hydrogens (tertiary/aromatic N) is 3. The van der Waals surface area contributed by atoms with E-state index in [2.05, 4.69) is 10.1 Å². The third-order valence-corrected chi connectivity index (χ3v) is 1.56. The molecule has 1 aromatic heterocycles. The molecule has 0 atom stereocenters. The maximum absolute atomic E-state index is 8.81. The number of aliphatic hydroxyl groups excluding tert-OH is 1. The molecule has 0 fully saturated rings. The minimum Gasteiger partial charge on any atom is -0.388 e. The molecule has 5 nitrogen and oxygen atoms in total. The molecule has 0 unspecified atom stereocenters. The minimum absolute atomic E-state index is 0.0625. The molecule has 68 valence electrons. The first-order chi connectivity index (χ1) is 5.88. The van der Waals surface area contributed by atoms with Crippen molar-refractivity contribution in [3.05, 3.63) is 12.2 Å². The van der Waals surface area contributed by atoms with Crippen LogP contribution in [0.1, 0.15) is 12.2 Å². The third-order valence-electron chi connectivity index (χ3n) is 1.56. The fraction of sp³-hybridized carbons (Fsp3) is 0.714. The first kappa shape index (κ1) is 9.15. The van der Waals surface area contributed by atoms with E-state index in [4.69, 9.17) is 9.84 Å². The Bertz CT molecular complexity index is 224. The van der Waals surface area contributed by atoms with Crippen LogP contribution in [-0.2, 0) is 17.9 Å². The van der Waals surface area contributed by atoms with E-state index in [1.54, 1.807) is 11.8 Å². The Morgan fingerprint density at radius 3 is 3.17 bits per heavy atom. The van der Waals surface area contributed by atoms with Crippen LogP contribution >= 0.6 is 0 Å². The monoisotopic (exact) mass is 171 g/mol. The summed E-state index contributed by atoms with van der Waals surface area (Å²) in [5.41, 5.74) is 0. The zero-order valence-electron chi connectivity index (χ0n) is 7.10. The second-order valence-electron chi connectivity index (χ2n) is 2.40. The summed E-state index contributed by atoms with van der Waals surface area (Å²) in [7, 11) is 1.66. The van der Waals surface area contributed by atoms with E-state index in [1.807, 2.05) is 0 Å². The largest absolute Gasteiger partial charge is 0.388 e. The van der Waals surface area contributed by atoms with E-state index < -0.39 is 0 Å². The SMILES string of the molecule is COCCCn1ncnc1CO. The Morgan fingerprint density at radius 2 is 2.50 bits per heavy atom. The van der Waals surface area contributed by atoms with Crippen LogP contribution in [0.25, 0.3) is 0 Å². The predicted octanol–water partition coefficient (Wildman–Crippen LogP) is -0.193. The lowest BCUT2D eigenvalue weighted by Gasteiger charge is -2.02. The fourth-order valence-corrected chi connectivity index (χ4v) is 0.956. The molecular formula is C7H13N3O2. The molecule has 0 aliphatic rings. The fourth-order valence-electron chi connectivity index (χ4n) is 0.956. The topological polar surface area (TPSA) is 60.2 Å². The lowest BCUT2D eigenvalue weighted by atomic mass is 10.4. The maximum Gasteiger partial charge on any atom is 0.152 e.